The van der Waals surface area contributed by atoms with Gasteiger partial charge in [0.1, 0.15) is 0 Å². The number of hydrogen-bond acceptors (Lipinski definition) is 4. The third-order valence-corrected chi connectivity index (χ3v) is 5.29. The Morgan fingerprint density at radius 2 is 2.05 bits per heavy atom. The normalized spacial score (nSPS) is 20.0. The molecule has 0 bridgehead atoms. The summed E-state index contributed by atoms with van der Waals surface area (Å²) < 4.78 is 27.1. The van der Waals surface area contributed by atoms with E-state index in [4.69, 9.17) is 5.11 Å². The smallest absolute Gasteiger partial charge is 0.317 e. The minimum absolute atomic E-state index is 0.0151. The molecule has 122 valence electrons. The number of hydrogen-bond donors (Lipinski definition) is 2. The molecule has 0 radical (unpaired) electrons. The summed E-state index contributed by atoms with van der Waals surface area (Å²) in [6.45, 7) is 3.63. The SMILES string of the molecule is Cc1ccc(S(=O)(=O)NCC2CCCN(CC(=O)O)C2)cc1. The number of carboxylic acid groups (broad SMARTS) is 1. The van der Waals surface area contributed by atoms with E-state index < -0.39 is 16.0 Å². The number of likely N-dealkylation sites (tertiary alicyclic amines) is 1. The number of sulfonamides is 1. The molecule has 1 aromatic carbocycles. The molecule has 22 heavy (non-hydrogen) atoms. The number of nitrogens with zero attached hydrogens (tertiary/aromatic N) is 1. The van der Waals surface area contributed by atoms with E-state index in [1.54, 1.807) is 24.3 Å². The molecule has 1 aromatic rings. The van der Waals surface area contributed by atoms with E-state index >= 15 is 0 Å². The average molecular weight is 326 g/mol. The first-order valence-corrected chi connectivity index (χ1v) is 8.85. The lowest BCUT2D eigenvalue weighted by Gasteiger charge is -2.31. The van der Waals surface area contributed by atoms with Crippen LogP contribution in [-0.4, -0.2) is 50.6 Å². The highest BCUT2D eigenvalue weighted by Gasteiger charge is 2.23. The lowest BCUT2D eigenvalue weighted by atomic mass is 9.98. The van der Waals surface area contributed by atoms with E-state index in [0.29, 0.717) is 13.1 Å². The molecule has 2 N–H and O–H groups in total. The van der Waals surface area contributed by atoms with Gasteiger partial charge in [0.05, 0.1) is 11.4 Å². The van der Waals surface area contributed by atoms with Crippen molar-refractivity contribution in [3.63, 3.8) is 0 Å². The van der Waals surface area contributed by atoms with Crippen LogP contribution in [0.2, 0.25) is 0 Å². The van der Waals surface area contributed by atoms with Crippen molar-refractivity contribution >= 4 is 16.0 Å². The second kappa shape index (κ2) is 7.21. The van der Waals surface area contributed by atoms with Gasteiger partial charge >= 0.3 is 5.97 Å². The third kappa shape index (κ3) is 4.79. The Hall–Kier alpha value is -1.44. The summed E-state index contributed by atoms with van der Waals surface area (Å²) in [6, 6.07) is 6.72. The van der Waals surface area contributed by atoms with E-state index in [-0.39, 0.29) is 17.4 Å². The summed E-state index contributed by atoms with van der Waals surface area (Å²) in [4.78, 5) is 12.9. The Kier molecular flexibility index (Phi) is 5.55. The average Bonchev–Trinajstić information content (AvgIpc) is 2.45. The predicted octanol–water partition coefficient (Wildman–Crippen LogP) is 1.07. The van der Waals surface area contributed by atoms with Crippen molar-refractivity contribution in [3.8, 4) is 0 Å². The minimum Gasteiger partial charge on any atom is -0.480 e. The Balaban J connectivity index is 1.91. The Labute approximate surface area is 131 Å². The van der Waals surface area contributed by atoms with Crippen molar-refractivity contribution in [2.24, 2.45) is 5.92 Å². The molecule has 1 heterocycles. The number of benzene rings is 1. The predicted molar refractivity (Wildman–Crippen MR) is 83.2 cm³/mol. The summed E-state index contributed by atoms with van der Waals surface area (Å²) in [5.74, 6) is -0.700. The van der Waals surface area contributed by atoms with Gasteiger partial charge in [-0.3, -0.25) is 9.69 Å². The number of carboxylic acids is 1. The molecule has 2 rings (SSSR count). The van der Waals surface area contributed by atoms with E-state index in [2.05, 4.69) is 4.72 Å². The maximum absolute atomic E-state index is 12.2. The van der Waals surface area contributed by atoms with Crippen LogP contribution in [0.1, 0.15) is 18.4 Å². The Morgan fingerprint density at radius 3 is 2.68 bits per heavy atom. The molecule has 7 heteroatoms. The second-order valence-electron chi connectivity index (χ2n) is 5.80. The van der Waals surface area contributed by atoms with Gasteiger partial charge in [-0.2, -0.15) is 0 Å². The maximum Gasteiger partial charge on any atom is 0.317 e. The summed E-state index contributed by atoms with van der Waals surface area (Å²) in [5.41, 5.74) is 1.01. The van der Waals surface area contributed by atoms with Gasteiger partial charge in [0, 0.05) is 13.1 Å². The van der Waals surface area contributed by atoms with Crippen LogP contribution in [0, 0.1) is 12.8 Å². The number of carbonyl (C=O) groups is 1. The van der Waals surface area contributed by atoms with Crippen molar-refractivity contribution in [2.45, 2.75) is 24.7 Å². The molecule has 1 saturated heterocycles. The van der Waals surface area contributed by atoms with Crippen LogP contribution in [-0.2, 0) is 14.8 Å². The van der Waals surface area contributed by atoms with Crippen molar-refractivity contribution < 1.29 is 18.3 Å². The van der Waals surface area contributed by atoms with Gasteiger partial charge in [-0.15, -0.1) is 0 Å². The van der Waals surface area contributed by atoms with Crippen molar-refractivity contribution in [1.29, 1.82) is 0 Å². The fourth-order valence-electron chi connectivity index (χ4n) is 2.68. The van der Waals surface area contributed by atoms with Crippen LogP contribution in [0.15, 0.2) is 29.2 Å². The van der Waals surface area contributed by atoms with Crippen LogP contribution in [0.25, 0.3) is 0 Å². The van der Waals surface area contributed by atoms with E-state index in [9.17, 15) is 13.2 Å². The van der Waals surface area contributed by atoms with Crippen LogP contribution in [0.3, 0.4) is 0 Å². The first-order chi connectivity index (χ1) is 10.4. The Bertz CT molecular complexity index is 613. The number of aliphatic carboxylic acids is 1. The van der Waals surface area contributed by atoms with Gasteiger partial charge in [0.15, 0.2) is 0 Å². The lowest BCUT2D eigenvalue weighted by Crippen LogP contribution is -2.42. The number of nitrogens with one attached hydrogen (secondary N) is 1. The summed E-state index contributed by atoms with van der Waals surface area (Å²) in [5, 5.41) is 8.83. The van der Waals surface area contributed by atoms with E-state index in [1.807, 2.05) is 11.8 Å². The highest BCUT2D eigenvalue weighted by Crippen LogP contribution is 2.17. The molecular formula is C15H22N2O4S. The molecule has 0 saturated carbocycles. The van der Waals surface area contributed by atoms with Gasteiger partial charge in [-0.05, 0) is 44.4 Å². The maximum atomic E-state index is 12.2. The van der Waals surface area contributed by atoms with Gasteiger partial charge in [-0.1, -0.05) is 17.7 Å². The molecule has 1 aliphatic heterocycles. The first kappa shape index (κ1) is 16.9. The van der Waals surface area contributed by atoms with Crippen molar-refractivity contribution in [3.05, 3.63) is 29.8 Å². The molecule has 0 amide bonds. The number of rotatable bonds is 6. The quantitative estimate of drug-likeness (QED) is 0.816. The molecule has 0 spiro atoms. The zero-order chi connectivity index (χ0) is 16.2. The molecule has 1 atom stereocenters. The Morgan fingerprint density at radius 1 is 1.36 bits per heavy atom. The second-order valence-corrected chi connectivity index (χ2v) is 7.57. The van der Waals surface area contributed by atoms with Crippen LogP contribution in [0.4, 0.5) is 0 Å². The van der Waals surface area contributed by atoms with Gasteiger partial charge in [0.25, 0.3) is 0 Å². The largest absolute Gasteiger partial charge is 0.480 e. The number of aryl methyl sites for hydroxylation is 1. The topological polar surface area (TPSA) is 86.7 Å². The lowest BCUT2D eigenvalue weighted by molar-refractivity contribution is -0.138. The molecule has 6 nitrogen and oxygen atoms in total. The van der Waals surface area contributed by atoms with Crippen LogP contribution in [0.5, 0.6) is 0 Å². The highest BCUT2D eigenvalue weighted by molar-refractivity contribution is 7.89. The summed E-state index contributed by atoms with van der Waals surface area (Å²) in [6.07, 6.45) is 1.80. The standard InChI is InChI=1S/C15H22N2O4S/c1-12-4-6-14(7-5-12)22(20,21)16-9-13-3-2-8-17(10-13)11-15(18)19/h4-7,13,16H,2-3,8-11H2,1H3,(H,18,19). The third-order valence-electron chi connectivity index (χ3n) is 3.86. The van der Waals surface area contributed by atoms with E-state index in [0.717, 1.165) is 24.9 Å². The van der Waals surface area contributed by atoms with Crippen LogP contribution >= 0.6 is 0 Å². The molecule has 1 aliphatic rings. The monoisotopic (exact) mass is 326 g/mol. The zero-order valence-corrected chi connectivity index (χ0v) is 13.5. The summed E-state index contributed by atoms with van der Waals surface area (Å²) in [7, 11) is -3.50. The fraction of sp³-hybridized carbons (Fsp3) is 0.533. The van der Waals surface area contributed by atoms with Crippen molar-refractivity contribution in [2.75, 3.05) is 26.2 Å². The van der Waals surface area contributed by atoms with Gasteiger partial charge in [0.2, 0.25) is 10.0 Å². The molecule has 0 aliphatic carbocycles. The minimum atomic E-state index is -3.50. The molecule has 1 fully saturated rings. The van der Waals surface area contributed by atoms with Gasteiger partial charge < -0.3 is 5.11 Å². The molecule has 0 aromatic heterocycles. The fourth-order valence-corrected chi connectivity index (χ4v) is 3.80. The highest BCUT2D eigenvalue weighted by atomic mass is 32.2. The molecular weight excluding hydrogens is 304 g/mol. The number of piperidine rings is 1. The summed E-state index contributed by atoms with van der Waals surface area (Å²) >= 11 is 0. The van der Waals surface area contributed by atoms with Crippen LogP contribution < -0.4 is 4.72 Å². The zero-order valence-electron chi connectivity index (χ0n) is 12.7. The first-order valence-electron chi connectivity index (χ1n) is 7.37. The molecule has 1 unspecified atom stereocenters. The van der Waals surface area contributed by atoms with E-state index in [1.165, 1.54) is 0 Å². The van der Waals surface area contributed by atoms with Crippen molar-refractivity contribution in [1.82, 2.24) is 9.62 Å². The van der Waals surface area contributed by atoms with Gasteiger partial charge in [-0.25, -0.2) is 13.1 Å².